The molecule has 0 aliphatic rings. The van der Waals surface area contributed by atoms with Gasteiger partial charge in [0.15, 0.2) is 0 Å². The van der Waals surface area contributed by atoms with Crippen molar-refractivity contribution < 1.29 is 9.90 Å². The molecule has 0 radical (unpaired) electrons. The van der Waals surface area contributed by atoms with Crippen LogP contribution in [-0.2, 0) is 6.42 Å². The predicted molar refractivity (Wildman–Crippen MR) is 45.9 cm³/mol. The van der Waals surface area contributed by atoms with Gasteiger partial charge in [-0.15, -0.1) is 0 Å². The Kier molecular flexibility index (Phi) is 2.50. The zero-order chi connectivity index (χ0) is 9.84. The Hall–Kier alpha value is -2.02. The second-order valence-corrected chi connectivity index (χ2v) is 2.51. The molecule has 0 aliphatic carbocycles. The maximum absolute atomic E-state index is 10.9. The van der Waals surface area contributed by atoms with Gasteiger partial charge in [-0.3, -0.25) is 4.79 Å². The topological polar surface area (TPSA) is 87.1 Å². The maximum atomic E-state index is 10.9. The minimum Gasteiger partial charge on any atom is -0.507 e. The van der Waals surface area contributed by atoms with Crippen molar-refractivity contribution in [3.63, 3.8) is 0 Å². The zero-order valence-electron chi connectivity index (χ0n) is 6.82. The molecule has 1 aromatic rings. The van der Waals surface area contributed by atoms with E-state index >= 15 is 0 Å². The first-order valence-corrected chi connectivity index (χ1v) is 3.64. The van der Waals surface area contributed by atoms with Gasteiger partial charge in [0.1, 0.15) is 5.75 Å². The van der Waals surface area contributed by atoms with Gasteiger partial charge >= 0.3 is 0 Å². The number of rotatable bonds is 2. The maximum Gasteiger partial charge on any atom is 0.252 e. The summed E-state index contributed by atoms with van der Waals surface area (Å²) in [7, 11) is 0. The van der Waals surface area contributed by atoms with Crippen molar-refractivity contribution in [2.45, 2.75) is 6.42 Å². The van der Waals surface area contributed by atoms with E-state index < -0.39 is 5.91 Å². The van der Waals surface area contributed by atoms with E-state index in [4.69, 9.17) is 11.0 Å². The van der Waals surface area contributed by atoms with Crippen LogP contribution in [0.4, 0.5) is 0 Å². The number of phenols is 1. The summed E-state index contributed by atoms with van der Waals surface area (Å²) in [5, 5.41) is 17.7. The van der Waals surface area contributed by atoms with E-state index in [1.54, 1.807) is 12.1 Å². The first-order valence-electron chi connectivity index (χ1n) is 3.64. The van der Waals surface area contributed by atoms with Crippen molar-refractivity contribution in [3.05, 3.63) is 29.3 Å². The summed E-state index contributed by atoms with van der Waals surface area (Å²) in [6.45, 7) is 0. The van der Waals surface area contributed by atoms with Gasteiger partial charge in [0.25, 0.3) is 5.91 Å². The molecule has 0 heterocycles. The average Bonchev–Trinajstić information content (AvgIpc) is 2.04. The van der Waals surface area contributed by atoms with Crippen molar-refractivity contribution in [1.29, 1.82) is 5.26 Å². The lowest BCUT2D eigenvalue weighted by atomic mass is 10.0. The second-order valence-electron chi connectivity index (χ2n) is 2.51. The number of carbonyl (C=O) groups excluding carboxylic acids is 1. The molecule has 0 aliphatic heterocycles. The van der Waals surface area contributed by atoms with Gasteiger partial charge < -0.3 is 10.8 Å². The van der Waals surface area contributed by atoms with Crippen molar-refractivity contribution in [2.24, 2.45) is 5.73 Å². The molecule has 13 heavy (non-hydrogen) atoms. The molecule has 0 bridgehead atoms. The lowest BCUT2D eigenvalue weighted by molar-refractivity contribution is 0.0997. The Morgan fingerprint density at radius 1 is 1.62 bits per heavy atom. The Bertz CT molecular complexity index is 380. The number of benzene rings is 1. The predicted octanol–water partition coefficient (Wildman–Crippen LogP) is 0.557. The van der Waals surface area contributed by atoms with Crippen LogP contribution in [-0.4, -0.2) is 11.0 Å². The Morgan fingerprint density at radius 3 is 2.85 bits per heavy atom. The molecule has 0 spiro atoms. The highest BCUT2D eigenvalue weighted by molar-refractivity contribution is 5.97. The van der Waals surface area contributed by atoms with Crippen LogP contribution in [0.25, 0.3) is 0 Å². The summed E-state index contributed by atoms with van der Waals surface area (Å²) in [5.41, 5.74) is 5.52. The Labute approximate surface area is 75.2 Å². The Morgan fingerprint density at radius 2 is 2.31 bits per heavy atom. The summed E-state index contributed by atoms with van der Waals surface area (Å²) in [5.74, 6) is -0.899. The van der Waals surface area contributed by atoms with Gasteiger partial charge in [0, 0.05) is 0 Å². The summed E-state index contributed by atoms with van der Waals surface area (Å²) in [6.07, 6.45) is 0.0622. The Balaban J connectivity index is 3.27. The first kappa shape index (κ1) is 9.07. The van der Waals surface area contributed by atoms with Gasteiger partial charge in [-0.1, -0.05) is 12.1 Å². The number of hydrogen-bond donors (Lipinski definition) is 2. The monoisotopic (exact) mass is 176 g/mol. The zero-order valence-corrected chi connectivity index (χ0v) is 6.82. The third-order valence-corrected chi connectivity index (χ3v) is 1.64. The number of hydrogen-bond acceptors (Lipinski definition) is 3. The quantitative estimate of drug-likeness (QED) is 0.690. The molecular formula is C9H8N2O2. The second kappa shape index (κ2) is 3.59. The SMILES string of the molecule is N#CCc1cccc(O)c1C(N)=O. The fourth-order valence-corrected chi connectivity index (χ4v) is 1.10. The van der Waals surface area contributed by atoms with Crippen LogP contribution < -0.4 is 5.73 Å². The summed E-state index contributed by atoms with van der Waals surface area (Å²) in [6, 6.07) is 6.40. The number of primary amides is 1. The number of carbonyl (C=O) groups is 1. The standard InChI is InChI=1S/C9H8N2O2/c10-5-4-6-2-1-3-7(12)8(6)9(11)13/h1-3,12H,4H2,(H2,11,13). The van der Waals surface area contributed by atoms with Crippen LogP contribution in [0.1, 0.15) is 15.9 Å². The lowest BCUT2D eigenvalue weighted by Crippen LogP contribution is -2.13. The fraction of sp³-hybridized carbons (Fsp3) is 0.111. The van der Waals surface area contributed by atoms with E-state index in [2.05, 4.69) is 0 Å². The number of aromatic hydroxyl groups is 1. The van der Waals surface area contributed by atoms with Crippen LogP contribution in [0.5, 0.6) is 5.75 Å². The minimum absolute atomic E-state index is 0.0315. The molecule has 0 aromatic heterocycles. The van der Waals surface area contributed by atoms with Crippen molar-refractivity contribution in [2.75, 3.05) is 0 Å². The van der Waals surface area contributed by atoms with Gasteiger partial charge in [0.2, 0.25) is 0 Å². The van der Waals surface area contributed by atoms with Gasteiger partial charge in [0.05, 0.1) is 18.1 Å². The van der Waals surface area contributed by atoms with Crippen molar-refractivity contribution in [3.8, 4) is 11.8 Å². The minimum atomic E-state index is -0.719. The molecule has 1 aromatic carbocycles. The molecule has 1 rings (SSSR count). The number of nitrogens with two attached hydrogens (primary N) is 1. The third kappa shape index (κ3) is 1.76. The van der Waals surface area contributed by atoms with E-state index in [0.717, 1.165) is 0 Å². The number of nitrogens with zero attached hydrogens (tertiary/aromatic N) is 1. The number of nitriles is 1. The largest absolute Gasteiger partial charge is 0.507 e. The van der Waals surface area contributed by atoms with Crippen molar-refractivity contribution in [1.82, 2.24) is 0 Å². The molecule has 0 fully saturated rings. The normalized spacial score (nSPS) is 9.15. The first-order chi connectivity index (χ1) is 6.16. The molecule has 66 valence electrons. The molecule has 0 saturated heterocycles. The molecule has 1 amide bonds. The molecule has 4 nitrogen and oxygen atoms in total. The summed E-state index contributed by atoms with van der Waals surface area (Å²) in [4.78, 5) is 10.9. The van der Waals surface area contributed by atoms with Crippen molar-refractivity contribution >= 4 is 5.91 Å². The molecule has 0 atom stereocenters. The van der Waals surface area contributed by atoms with Gasteiger partial charge in [-0.25, -0.2) is 0 Å². The summed E-state index contributed by atoms with van der Waals surface area (Å²) >= 11 is 0. The highest BCUT2D eigenvalue weighted by Crippen LogP contribution is 2.20. The fourth-order valence-electron chi connectivity index (χ4n) is 1.10. The molecule has 0 unspecified atom stereocenters. The summed E-state index contributed by atoms with van der Waals surface area (Å²) < 4.78 is 0. The van der Waals surface area contributed by atoms with Crippen LogP contribution >= 0.6 is 0 Å². The average molecular weight is 176 g/mol. The molecule has 3 N–H and O–H groups in total. The molecule has 4 heteroatoms. The molecular weight excluding hydrogens is 168 g/mol. The lowest BCUT2D eigenvalue weighted by Gasteiger charge is -2.04. The van der Waals surface area contributed by atoms with E-state index in [1.807, 2.05) is 6.07 Å². The van der Waals surface area contributed by atoms with E-state index in [-0.39, 0.29) is 17.7 Å². The third-order valence-electron chi connectivity index (χ3n) is 1.64. The van der Waals surface area contributed by atoms with Crippen LogP contribution in [0.3, 0.4) is 0 Å². The number of amides is 1. The van der Waals surface area contributed by atoms with Crippen LogP contribution in [0.15, 0.2) is 18.2 Å². The van der Waals surface area contributed by atoms with E-state index in [1.165, 1.54) is 6.07 Å². The van der Waals surface area contributed by atoms with Gasteiger partial charge in [-0.05, 0) is 11.6 Å². The highest BCUT2D eigenvalue weighted by Gasteiger charge is 2.12. The van der Waals surface area contributed by atoms with E-state index in [0.29, 0.717) is 5.56 Å². The van der Waals surface area contributed by atoms with E-state index in [9.17, 15) is 9.90 Å². The van der Waals surface area contributed by atoms with Crippen LogP contribution in [0, 0.1) is 11.3 Å². The highest BCUT2D eigenvalue weighted by atomic mass is 16.3. The smallest absolute Gasteiger partial charge is 0.252 e. The van der Waals surface area contributed by atoms with Crippen LogP contribution in [0.2, 0.25) is 0 Å². The molecule has 0 saturated carbocycles. The van der Waals surface area contributed by atoms with Gasteiger partial charge in [-0.2, -0.15) is 5.26 Å².